The third-order valence-electron chi connectivity index (χ3n) is 1.85. The van der Waals surface area contributed by atoms with Crippen molar-refractivity contribution in [3.05, 3.63) is 23.2 Å². The second kappa shape index (κ2) is 4.04. The Labute approximate surface area is 95.8 Å². The highest BCUT2D eigenvalue weighted by Gasteiger charge is 2.10. The van der Waals surface area contributed by atoms with Crippen molar-refractivity contribution in [2.24, 2.45) is 0 Å². The molecule has 2 aromatic rings. The van der Waals surface area contributed by atoms with Crippen LogP contribution in [-0.4, -0.2) is 16.5 Å². The predicted molar refractivity (Wildman–Crippen MR) is 61.3 cm³/mol. The summed E-state index contributed by atoms with van der Waals surface area (Å²) >= 11 is 7.00. The molecule has 1 aromatic carbocycles. The fourth-order valence-corrected chi connectivity index (χ4v) is 1.80. The van der Waals surface area contributed by atoms with Gasteiger partial charge in [0.05, 0.1) is 12.7 Å². The van der Waals surface area contributed by atoms with Gasteiger partial charge in [-0.05, 0) is 18.2 Å². The number of hydrogen-bond donors (Lipinski definition) is 1. The average Bonchev–Trinajstić information content (AvgIpc) is 2.64. The lowest BCUT2D eigenvalue weighted by molar-refractivity contribution is 0.416. The van der Waals surface area contributed by atoms with Gasteiger partial charge in [0.25, 0.3) is 0 Å². The van der Waals surface area contributed by atoms with Crippen LogP contribution in [0, 0.1) is 0 Å². The zero-order chi connectivity index (χ0) is 10.8. The van der Waals surface area contributed by atoms with E-state index in [1.165, 1.54) is 0 Å². The third kappa shape index (κ3) is 2.03. The second-order valence-electron chi connectivity index (χ2n) is 2.80. The van der Waals surface area contributed by atoms with Crippen LogP contribution in [0.15, 0.2) is 18.2 Å². The van der Waals surface area contributed by atoms with Crippen LogP contribution in [0.5, 0.6) is 5.75 Å². The van der Waals surface area contributed by atoms with Crippen molar-refractivity contribution >= 4 is 28.3 Å². The summed E-state index contributed by atoms with van der Waals surface area (Å²) in [7, 11) is 1.57. The Morgan fingerprint density at radius 1 is 1.47 bits per heavy atom. The van der Waals surface area contributed by atoms with Crippen LogP contribution in [-0.2, 0) is 0 Å². The number of anilines is 1. The summed E-state index contributed by atoms with van der Waals surface area (Å²) in [6.07, 6.45) is 0. The van der Waals surface area contributed by atoms with Gasteiger partial charge in [-0.3, -0.25) is 0 Å². The minimum atomic E-state index is 0.432. The quantitative estimate of drug-likeness (QED) is 0.877. The maximum absolute atomic E-state index is 5.85. The molecule has 2 N–H and O–H groups in total. The molecule has 78 valence electrons. The molecule has 1 aromatic heterocycles. The van der Waals surface area contributed by atoms with Crippen molar-refractivity contribution < 1.29 is 4.74 Å². The number of nitrogens with zero attached hydrogens (tertiary/aromatic N) is 2. The normalized spacial score (nSPS) is 10.3. The van der Waals surface area contributed by atoms with E-state index in [9.17, 15) is 0 Å². The number of hydrogen-bond acceptors (Lipinski definition) is 5. The van der Waals surface area contributed by atoms with Crippen molar-refractivity contribution in [3.63, 3.8) is 0 Å². The summed E-state index contributed by atoms with van der Waals surface area (Å²) in [5.74, 6) is 1.20. The molecular weight excluding hydrogens is 234 g/mol. The molecule has 0 radical (unpaired) electrons. The molecule has 0 amide bonds. The van der Waals surface area contributed by atoms with Crippen LogP contribution in [0.1, 0.15) is 0 Å². The van der Waals surface area contributed by atoms with Crippen molar-refractivity contribution in [2.75, 3.05) is 12.8 Å². The zero-order valence-electron chi connectivity index (χ0n) is 7.90. The molecule has 0 aliphatic carbocycles. The first-order valence-corrected chi connectivity index (χ1v) is 5.29. The van der Waals surface area contributed by atoms with Gasteiger partial charge in [-0.1, -0.05) is 11.6 Å². The Balaban J connectivity index is 2.52. The van der Waals surface area contributed by atoms with E-state index in [0.29, 0.717) is 21.7 Å². The van der Waals surface area contributed by atoms with Crippen molar-refractivity contribution in [3.8, 4) is 17.1 Å². The maximum Gasteiger partial charge on any atom is 0.200 e. The predicted octanol–water partition coefficient (Wildman–Crippen LogP) is 2.45. The Kier molecular flexibility index (Phi) is 2.75. The third-order valence-corrected chi connectivity index (χ3v) is 2.62. The zero-order valence-corrected chi connectivity index (χ0v) is 9.47. The number of methoxy groups -OCH3 is 1. The molecule has 0 saturated heterocycles. The Morgan fingerprint density at radius 2 is 2.27 bits per heavy atom. The fourth-order valence-electron chi connectivity index (χ4n) is 1.19. The number of halogens is 1. The molecule has 0 fully saturated rings. The number of benzene rings is 1. The van der Waals surface area contributed by atoms with Gasteiger partial charge in [0.2, 0.25) is 0 Å². The van der Waals surface area contributed by atoms with Gasteiger partial charge >= 0.3 is 0 Å². The number of nitrogen functional groups attached to an aromatic ring is 1. The largest absolute Gasteiger partial charge is 0.496 e. The second-order valence-corrected chi connectivity index (χ2v) is 4.02. The van der Waals surface area contributed by atoms with E-state index in [-0.39, 0.29) is 0 Å². The monoisotopic (exact) mass is 241 g/mol. The smallest absolute Gasteiger partial charge is 0.200 e. The first kappa shape index (κ1) is 10.2. The first-order chi connectivity index (χ1) is 7.20. The molecule has 0 atom stereocenters. The van der Waals surface area contributed by atoms with E-state index in [1.54, 1.807) is 19.2 Å². The Morgan fingerprint density at radius 3 is 2.87 bits per heavy atom. The summed E-state index contributed by atoms with van der Waals surface area (Å²) < 4.78 is 9.30. The molecule has 0 unspecified atom stereocenters. The van der Waals surface area contributed by atoms with Gasteiger partial charge in [0, 0.05) is 16.6 Å². The molecule has 1 heterocycles. The number of rotatable bonds is 2. The summed E-state index contributed by atoms with van der Waals surface area (Å²) in [6, 6.07) is 5.29. The van der Waals surface area contributed by atoms with Gasteiger partial charge in [-0.25, -0.2) is 0 Å². The lowest BCUT2D eigenvalue weighted by atomic mass is 10.2. The minimum absolute atomic E-state index is 0.432. The SMILES string of the molecule is COc1cc(Cl)ccc1-c1nsc(N)n1. The number of ether oxygens (including phenoxy) is 1. The molecule has 4 nitrogen and oxygen atoms in total. The molecule has 0 bridgehead atoms. The molecule has 0 saturated carbocycles. The van der Waals surface area contributed by atoms with Gasteiger partial charge < -0.3 is 10.5 Å². The van der Waals surface area contributed by atoms with E-state index in [0.717, 1.165) is 17.1 Å². The van der Waals surface area contributed by atoms with Gasteiger partial charge in [-0.15, -0.1) is 0 Å². The molecule has 0 aliphatic heterocycles. The van der Waals surface area contributed by atoms with Crippen LogP contribution < -0.4 is 10.5 Å². The van der Waals surface area contributed by atoms with Gasteiger partial charge in [0.15, 0.2) is 11.0 Å². The summed E-state index contributed by atoms with van der Waals surface area (Å²) in [4.78, 5) is 4.08. The highest BCUT2D eigenvalue weighted by Crippen LogP contribution is 2.31. The molecule has 15 heavy (non-hydrogen) atoms. The van der Waals surface area contributed by atoms with Crippen molar-refractivity contribution in [2.45, 2.75) is 0 Å². The van der Waals surface area contributed by atoms with Crippen molar-refractivity contribution in [1.29, 1.82) is 0 Å². The Bertz CT molecular complexity index is 486. The lowest BCUT2D eigenvalue weighted by Crippen LogP contribution is -1.90. The maximum atomic E-state index is 5.85. The van der Waals surface area contributed by atoms with E-state index in [1.807, 2.05) is 6.07 Å². The summed E-state index contributed by atoms with van der Waals surface area (Å²) in [5, 5.41) is 1.04. The van der Waals surface area contributed by atoms with Gasteiger partial charge in [-0.2, -0.15) is 9.36 Å². The fraction of sp³-hybridized carbons (Fsp3) is 0.111. The van der Waals surface area contributed by atoms with E-state index >= 15 is 0 Å². The molecule has 6 heteroatoms. The van der Waals surface area contributed by atoms with E-state index in [4.69, 9.17) is 22.1 Å². The molecule has 0 spiro atoms. The minimum Gasteiger partial charge on any atom is -0.496 e. The van der Waals surface area contributed by atoms with Crippen LogP contribution in [0.2, 0.25) is 5.02 Å². The average molecular weight is 242 g/mol. The van der Waals surface area contributed by atoms with E-state index < -0.39 is 0 Å². The standard InChI is InChI=1S/C9H8ClN3OS/c1-14-7-4-5(10)2-3-6(7)8-12-9(11)15-13-8/h2-4H,1H3,(H2,11,12,13). The summed E-state index contributed by atoms with van der Waals surface area (Å²) in [5.41, 5.74) is 6.30. The molecular formula is C9H8ClN3OS. The van der Waals surface area contributed by atoms with Crippen LogP contribution in [0.25, 0.3) is 11.4 Å². The Hall–Kier alpha value is -1.33. The van der Waals surface area contributed by atoms with Crippen LogP contribution >= 0.6 is 23.1 Å². The lowest BCUT2D eigenvalue weighted by Gasteiger charge is -2.05. The topological polar surface area (TPSA) is 61.0 Å². The molecule has 2 rings (SSSR count). The van der Waals surface area contributed by atoms with Crippen LogP contribution in [0.4, 0.5) is 5.13 Å². The van der Waals surface area contributed by atoms with Gasteiger partial charge in [0.1, 0.15) is 5.75 Å². The summed E-state index contributed by atoms with van der Waals surface area (Å²) in [6.45, 7) is 0. The first-order valence-electron chi connectivity index (χ1n) is 4.14. The van der Waals surface area contributed by atoms with Crippen molar-refractivity contribution in [1.82, 2.24) is 9.36 Å². The van der Waals surface area contributed by atoms with Crippen LogP contribution in [0.3, 0.4) is 0 Å². The molecule has 0 aliphatic rings. The highest BCUT2D eigenvalue weighted by atomic mass is 35.5. The van der Waals surface area contributed by atoms with E-state index in [2.05, 4.69) is 9.36 Å². The highest BCUT2D eigenvalue weighted by molar-refractivity contribution is 7.09. The number of nitrogens with two attached hydrogens (primary N) is 1. The number of aromatic nitrogens is 2.